The van der Waals surface area contributed by atoms with E-state index in [1.165, 1.54) is 0 Å². The molecule has 2 heterocycles. The molecule has 0 saturated carbocycles. The molecule has 2 aliphatic rings. The maximum absolute atomic E-state index is 13.0. The van der Waals surface area contributed by atoms with Gasteiger partial charge in [-0.15, -0.1) is 0 Å². The van der Waals surface area contributed by atoms with E-state index in [9.17, 15) is 22.8 Å². The second-order valence-corrected chi connectivity index (χ2v) is 8.56. The number of carbonyl (C=O) groups is 2. The highest BCUT2D eigenvalue weighted by Crippen LogP contribution is 2.37. The molecular weight excluding hydrogens is 433 g/mol. The Bertz CT molecular complexity index is 986. The Morgan fingerprint density at radius 1 is 1.06 bits per heavy atom. The highest BCUT2D eigenvalue weighted by Gasteiger charge is 2.41. The minimum atomic E-state index is -4.13. The van der Waals surface area contributed by atoms with Crippen LogP contribution in [0.2, 0.25) is 0 Å². The van der Waals surface area contributed by atoms with Crippen LogP contribution in [0.25, 0.3) is 0 Å². The summed E-state index contributed by atoms with van der Waals surface area (Å²) in [5.41, 5.74) is 3.48. The van der Waals surface area contributed by atoms with Crippen molar-refractivity contribution in [1.29, 1.82) is 0 Å². The lowest BCUT2D eigenvalue weighted by Gasteiger charge is -2.35. The number of halogens is 3. The van der Waals surface area contributed by atoms with E-state index in [0.29, 0.717) is 26.2 Å². The molecular formula is C24H27F3N4O2. The molecule has 4 rings (SSSR count). The van der Waals surface area contributed by atoms with Crippen molar-refractivity contribution >= 4 is 28.9 Å². The van der Waals surface area contributed by atoms with Crippen molar-refractivity contribution < 1.29 is 22.8 Å². The van der Waals surface area contributed by atoms with Crippen LogP contribution in [0, 0.1) is 11.8 Å². The molecule has 0 bridgehead atoms. The fraction of sp³-hybridized carbons (Fsp3) is 0.417. The molecule has 2 fully saturated rings. The number of para-hydroxylation sites is 2. The number of amides is 2. The highest BCUT2D eigenvalue weighted by molar-refractivity contribution is 5.89. The summed E-state index contributed by atoms with van der Waals surface area (Å²) in [4.78, 5) is 25.4. The highest BCUT2D eigenvalue weighted by atomic mass is 19.4. The number of benzene rings is 2. The predicted octanol–water partition coefficient (Wildman–Crippen LogP) is 3.96. The lowest BCUT2D eigenvalue weighted by molar-refractivity contribution is -0.179. The minimum absolute atomic E-state index is 0.101. The summed E-state index contributed by atoms with van der Waals surface area (Å²) in [7, 11) is 0. The smallest absolute Gasteiger partial charge is 0.370 e. The molecule has 2 aliphatic heterocycles. The van der Waals surface area contributed by atoms with Crippen molar-refractivity contribution in [3.63, 3.8) is 0 Å². The molecule has 0 radical (unpaired) electrons. The normalized spacial score (nSPS) is 19.3. The molecule has 9 heteroatoms. The number of piperidine rings is 1. The average molecular weight is 461 g/mol. The van der Waals surface area contributed by atoms with E-state index < -0.39 is 12.1 Å². The Balaban J connectivity index is 1.34. The van der Waals surface area contributed by atoms with Crippen molar-refractivity contribution in [1.82, 2.24) is 10.6 Å². The van der Waals surface area contributed by atoms with Gasteiger partial charge in [0.15, 0.2) is 0 Å². The summed E-state index contributed by atoms with van der Waals surface area (Å²) < 4.78 is 39.0. The minimum Gasteiger partial charge on any atom is -0.370 e. The van der Waals surface area contributed by atoms with E-state index >= 15 is 0 Å². The third kappa shape index (κ3) is 5.77. The van der Waals surface area contributed by atoms with Crippen LogP contribution in [-0.4, -0.2) is 37.6 Å². The average Bonchev–Trinajstić information content (AvgIpc) is 3.25. The number of carbonyl (C=O) groups excluding carboxylic acids is 2. The van der Waals surface area contributed by atoms with Gasteiger partial charge in [-0.2, -0.15) is 13.2 Å². The lowest BCUT2D eigenvalue weighted by Crippen LogP contribution is -2.39. The topological polar surface area (TPSA) is 73.5 Å². The number of rotatable bonds is 6. The lowest BCUT2D eigenvalue weighted by atomic mass is 9.96. The van der Waals surface area contributed by atoms with E-state index in [0.717, 1.165) is 22.6 Å². The second-order valence-electron chi connectivity index (χ2n) is 8.56. The molecule has 1 unspecified atom stereocenters. The maximum atomic E-state index is 13.0. The fourth-order valence-electron chi connectivity index (χ4n) is 4.29. The van der Waals surface area contributed by atoms with Gasteiger partial charge in [0.2, 0.25) is 11.8 Å². The molecule has 176 valence electrons. The molecule has 2 aromatic carbocycles. The monoisotopic (exact) mass is 460 g/mol. The number of anilines is 3. The summed E-state index contributed by atoms with van der Waals surface area (Å²) in [5, 5.41) is 8.87. The molecule has 2 aromatic rings. The number of alkyl halides is 3. The van der Waals surface area contributed by atoms with Crippen LogP contribution in [0.4, 0.5) is 30.2 Å². The Morgan fingerprint density at radius 2 is 1.76 bits per heavy atom. The fourth-order valence-corrected chi connectivity index (χ4v) is 4.29. The van der Waals surface area contributed by atoms with Crippen LogP contribution in [-0.2, 0) is 16.1 Å². The van der Waals surface area contributed by atoms with Gasteiger partial charge in [-0.3, -0.25) is 9.59 Å². The maximum Gasteiger partial charge on any atom is 0.391 e. The molecule has 3 N–H and O–H groups in total. The van der Waals surface area contributed by atoms with E-state index in [4.69, 9.17) is 0 Å². The van der Waals surface area contributed by atoms with Gasteiger partial charge in [-0.1, -0.05) is 24.3 Å². The van der Waals surface area contributed by atoms with Gasteiger partial charge in [0.25, 0.3) is 0 Å². The SMILES string of the molecule is O=C1CC(C(=O)NCc2ccc(Nc3ccccc3N3CCC(C(F)(F)F)CC3)cc2)CN1. The number of nitrogens with one attached hydrogen (secondary N) is 3. The molecule has 2 saturated heterocycles. The van der Waals surface area contributed by atoms with Crippen LogP contribution >= 0.6 is 0 Å². The number of nitrogens with zero attached hydrogens (tertiary/aromatic N) is 1. The van der Waals surface area contributed by atoms with Crippen LogP contribution in [0.5, 0.6) is 0 Å². The Hall–Kier alpha value is -3.23. The van der Waals surface area contributed by atoms with Crippen molar-refractivity contribution in [2.45, 2.75) is 32.0 Å². The van der Waals surface area contributed by atoms with Gasteiger partial charge in [-0.05, 0) is 42.7 Å². The van der Waals surface area contributed by atoms with Gasteiger partial charge in [0.1, 0.15) is 0 Å². The third-order valence-electron chi connectivity index (χ3n) is 6.25. The predicted molar refractivity (Wildman–Crippen MR) is 120 cm³/mol. The summed E-state index contributed by atoms with van der Waals surface area (Å²) >= 11 is 0. The third-order valence-corrected chi connectivity index (χ3v) is 6.25. The Labute approximate surface area is 190 Å². The molecule has 0 spiro atoms. The van der Waals surface area contributed by atoms with E-state index in [2.05, 4.69) is 16.0 Å². The van der Waals surface area contributed by atoms with Crippen LogP contribution in [0.1, 0.15) is 24.8 Å². The molecule has 1 atom stereocenters. The van der Waals surface area contributed by atoms with Crippen molar-refractivity contribution in [2.24, 2.45) is 11.8 Å². The summed E-state index contributed by atoms with van der Waals surface area (Å²) in [5.74, 6) is -1.79. The standard InChI is InChI=1S/C24H27F3N4O2/c25-24(26,27)18-9-11-31(12-10-18)21-4-2-1-3-20(21)30-19-7-5-16(6-8-19)14-29-23(33)17-13-22(32)28-15-17/h1-8,17-18,30H,9-15H2,(H,28,32)(H,29,33). The zero-order chi connectivity index (χ0) is 23.4. The van der Waals surface area contributed by atoms with Gasteiger partial charge in [-0.25, -0.2) is 0 Å². The first-order chi connectivity index (χ1) is 15.8. The zero-order valence-corrected chi connectivity index (χ0v) is 18.1. The summed E-state index contributed by atoms with van der Waals surface area (Å²) in [6, 6.07) is 15.2. The van der Waals surface area contributed by atoms with E-state index in [1.807, 2.05) is 53.4 Å². The first-order valence-electron chi connectivity index (χ1n) is 11.1. The summed E-state index contributed by atoms with van der Waals surface area (Å²) in [6.45, 7) is 1.47. The first-order valence-corrected chi connectivity index (χ1v) is 11.1. The summed E-state index contributed by atoms with van der Waals surface area (Å²) in [6.07, 6.45) is -3.70. The second kappa shape index (κ2) is 9.72. The van der Waals surface area contributed by atoms with Crippen LogP contribution in [0.15, 0.2) is 48.5 Å². The quantitative estimate of drug-likeness (QED) is 0.610. The van der Waals surface area contributed by atoms with Gasteiger partial charge in [0.05, 0.1) is 23.2 Å². The largest absolute Gasteiger partial charge is 0.391 e. The molecule has 33 heavy (non-hydrogen) atoms. The first kappa shape index (κ1) is 22.9. The Morgan fingerprint density at radius 3 is 2.39 bits per heavy atom. The van der Waals surface area contributed by atoms with Crippen molar-refractivity contribution in [2.75, 3.05) is 29.9 Å². The van der Waals surface area contributed by atoms with Gasteiger partial charge >= 0.3 is 6.18 Å². The molecule has 6 nitrogen and oxygen atoms in total. The molecule has 2 amide bonds. The van der Waals surface area contributed by atoms with Gasteiger partial charge < -0.3 is 20.9 Å². The Kier molecular flexibility index (Phi) is 6.76. The van der Waals surface area contributed by atoms with Crippen LogP contribution < -0.4 is 20.9 Å². The van der Waals surface area contributed by atoms with Gasteiger partial charge in [0, 0.05) is 38.3 Å². The molecule has 0 aromatic heterocycles. The van der Waals surface area contributed by atoms with Crippen molar-refractivity contribution in [3.05, 3.63) is 54.1 Å². The number of hydrogen-bond donors (Lipinski definition) is 3. The zero-order valence-electron chi connectivity index (χ0n) is 18.1. The van der Waals surface area contributed by atoms with E-state index in [-0.39, 0.29) is 37.0 Å². The van der Waals surface area contributed by atoms with E-state index in [1.54, 1.807) is 0 Å². The van der Waals surface area contributed by atoms with Crippen LogP contribution in [0.3, 0.4) is 0 Å². The molecule has 0 aliphatic carbocycles. The van der Waals surface area contributed by atoms with Crippen molar-refractivity contribution in [3.8, 4) is 0 Å². The number of hydrogen-bond acceptors (Lipinski definition) is 4.